The van der Waals surface area contributed by atoms with Gasteiger partial charge in [-0.1, -0.05) is 19.9 Å². The molecule has 1 fully saturated rings. The van der Waals surface area contributed by atoms with Crippen LogP contribution >= 0.6 is 0 Å². The minimum atomic E-state index is -0.558. The number of carbonyl (C=O) groups is 2. The summed E-state index contributed by atoms with van der Waals surface area (Å²) in [5.41, 5.74) is 1.20. The normalized spacial score (nSPS) is 19.5. The van der Waals surface area contributed by atoms with Gasteiger partial charge in [-0.3, -0.25) is 14.9 Å². The van der Waals surface area contributed by atoms with Gasteiger partial charge in [-0.25, -0.2) is 4.39 Å². The molecule has 1 saturated heterocycles. The molecule has 0 aliphatic carbocycles. The minimum Gasteiger partial charge on any atom is -0.371 e. The van der Waals surface area contributed by atoms with Gasteiger partial charge in [-0.05, 0) is 30.0 Å². The highest BCUT2D eigenvalue weighted by molar-refractivity contribution is 6.01. The van der Waals surface area contributed by atoms with Crippen molar-refractivity contribution in [1.29, 1.82) is 0 Å². The Bertz CT molecular complexity index is 514. The van der Waals surface area contributed by atoms with Crippen molar-refractivity contribution in [2.45, 2.75) is 38.6 Å². The third-order valence-corrected chi connectivity index (χ3v) is 3.23. The van der Waals surface area contributed by atoms with E-state index < -0.39 is 11.9 Å². The molecule has 1 aromatic rings. The van der Waals surface area contributed by atoms with E-state index in [-0.39, 0.29) is 24.1 Å². The predicted molar refractivity (Wildman–Crippen MR) is 70.3 cm³/mol. The standard InChI is InChI=1S/C14H17FN2O2/c1-8(2)9-3-4-11(10(15)7-9)16-12-5-6-13(18)17-14(12)19/h3-4,7-8,12,16H,5-6H2,1-2H3,(H,17,18,19). The van der Waals surface area contributed by atoms with E-state index >= 15 is 0 Å². The summed E-state index contributed by atoms with van der Waals surface area (Å²) in [5, 5.41) is 5.08. The van der Waals surface area contributed by atoms with Gasteiger partial charge in [0.1, 0.15) is 11.9 Å². The zero-order chi connectivity index (χ0) is 14.0. The molecule has 1 aromatic carbocycles. The summed E-state index contributed by atoms with van der Waals surface area (Å²) in [6, 6.07) is 4.38. The second-order valence-electron chi connectivity index (χ2n) is 5.04. The first kappa shape index (κ1) is 13.5. The average Bonchev–Trinajstić information content (AvgIpc) is 2.34. The first-order valence-corrected chi connectivity index (χ1v) is 6.37. The smallest absolute Gasteiger partial charge is 0.249 e. The Hall–Kier alpha value is -1.91. The molecule has 19 heavy (non-hydrogen) atoms. The van der Waals surface area contributed by atoms with Gasteiger partial charge in [0.05, 0.1) is 5.69 Å². The van der Waals surface area contributed by atoms with Crippen molar-refractivity contribution >= 4 is 17.5 Å². The first-order valence-electron chi connectivity index (χ1n) is 6.37. The molecule has 2 rings (SSSR count). The number of carbonyl (C=O) groups excluding carboxylic acids is 2. The van der Waals surface area contributed by atoms with Gasteiger partial charge in [0.2, 0.25) is 11.8 Å². The van der Waals surface area contributed by atoms with Crippen LogP contribution in [0.5, 0.6) is 0 Å². The lowest BCUT2D eigenvalue weighted by molar-refractivity contribution is -0.133. The molecule has 1 aliphatic heterocycles. The summed E-state index contributed by atoms with van der Waals surface area (Å²) in [6.07, 6.45) is 0.658. The maximum atomic E-state index is 13.9. The van der Waals surface area contributed by atoms with Crippen LogP contribution in [0.15, 0.2) is 18.2 Å². The summed E-state index contributed by atoms with van der Waals surface area (Å²) in [7, 11) is 0. The molecule has 0 saturated carbocycles. The molecular weight excluding hydrogens is 247 g/mol. The number of piperidine rings is 1. The SMILES string of the molecule is CC(C)c1ccc(NC2CCC(=O)NC2=O)c(F)c1. The highest BCUT2D eigenvalue weighted by atomic mass is 19.1. The van der Waals surface area contributed by atoms with Crippen LogP contribution in [0.2, 0.25) is 0 Å². The molecule has 0 spiro atoms. The molecule has 0 bridgehead atoms. The fourth-order valence-corrected chi connectivity index (χ4v) is 2.03. The maximum Gasteiger partial charge on any atom is 0.249 e. The molecule has 0 aromatic heterocycles. The van der Waals surface area contributed by atoms with Crippen LogP contribution in [0, 0.1) is 5.82 Å². The second kappa shape index (κ2) is 5.38. The largest absolute Gasteiger partial charge is 0.371 e. The molecule has 4 nitrogen and oxygen atoms in total. The van der Waals surface area contributed by atoms with Crippen LogP contribution in [0.4, 0.5) is 10.1 Å². The number of hydrogen-bond donors (Lipinski definition) is 2. The van der Waals surface area contributed by atoms with Crippen molar-refractivity contribution in [3.05, 3.63) is 29.6 Å². The van der Waals surface area contributed by atoms with Crippen LogP contribution in [0.25, 0.3) is 0 Å². The van der Waals surface area contributed by atoms with Crippen molar-refractivity contribution in [2.75, 3.05) is 5.32 Å². The average molecular weight is 264 g/mol. The third kappa shape index (κ3) is 3.10. The molecule has 102 valence electrons. The number of imide groups is 1. The van der Waals surface area contributed by atoms with Gasteiger partial charge in [-0.15, -0.1) is 0 Å². The molecule has 2 N–H and O–H groups in total. The van der Waals surface area contributed by atoms with E-state index in [0.29, 0.717) is 12.1 Å². The van der Waals surface area contributed by atoms with Crippen LogP contribution in [0.3, 0.4) is 0 Å². The fraction of sp³-hybridized carbons (Fsp3) is 0.429. The van der Waals surface area contributed by atoms with Crippen LogP contribution in [-0.4, -0.2) is 17.9 Å². The van der Waals surface area contributed by atoms with Crippen molar-refractivity contribution in [3.8, 4) is 0 Å². The summed E-state index contributed by atoms with van der Waals surface area (Å²) >= 11 is 0. The van der Waals surface area contributed by atoms with E-state index in [1.165, 1.54) is 6.07 Å². The van der Waals surface area contributed by atoms with Crippen molar-refractivity contribution in [1.82, 2.24) is 5.32 Å². The number of nitrogens with one attached hydrogen (secondary N) is 2. The van der Waals surface area contributed by atoms with E-state index in [0.717, 1.165) is 5.56 Å². The monoisotopic (exact) mass is 264 g/mol. The van der Waals surface area contributed by atoms with Crippen LogP contribution < -0.4 is 10.6 Å². The number of rotatable bonds is 3. The highest BCUT2D eigenvalue weighted by Gasteiger charge is 2.26. The lowest BCUT2D eigenvalue weighted by atomic mass is 10.0. The Labute approximate surface area is 111 Å². The number of halogens is 1. The number of anilines is 1. The Kier molecular flexibility index (Phi) is 3.83. The summed E-state index contributed by atoms with van der Waals surface area (Å²) in [6.45, 7) is 3.98. The second-order valence-corrected chi connectivity index (χ2v) is 5.04. The van der Waals surface area contributed by atoms with Crippen molar-refractivity contribution in [3.63, 3.8) is 0 Å². The molecule has 1 unspecified atom stereocenters. The lowest BCUT2D eigenvalue weighted by Crippen LogP contribution is -2.47. The van der Waals surface area contributed by atoms with E-state index in [1.807, 2.05) is 19.9 Å². The van der Waals surface area contributed by atoms with Crippen LogP contribution in [0.1, 0.15) is 38.2 Å². The summed E-state index contributed by atoms with van der Waals surface area (Å²) in [4.78, 5) is 22.6. The number of benzene rings is 1. The van der Waals surface area contributed by atoms with E-state index in [1.54, 1.807) is 6.07 Å². The Morgan fingerprint density at radius 1 is 1.37 bits per heavy atom. The summed E-state index contributed by atoms with van der Waals surface area (Å²) < 4.78 is 13.9. The Balaban J connectivity index is 2.11. The van der Waals surface area contributed by atoms with Gasteiger partial charge >= 0.3 is 0 Å². The van der Waals surface area contributed by atoms with Crippen LogP contribution in [-0.2, 0) is 9.59 Å². The Morgan fingerprint density at radius 2 is 2.11 bits per heavy atom. The molecule has 0 radical (unpaired) electrons. The van der Waals surface area contributed by atoms with Crippen molar-refractivity contribution < 1.29 is 14.0 Å². The molecule has 1 atom stereocenters. The third-order valence-electron chi connectivity index (χ3n) is 3.23. The highest BCUT2D eigenvalue weighted by Crippen LogP contribution is 2.22. The van der Waals surface area contributed by atoms with Gasteiger partial charge in [0, 0.05) is 6.42 Å². The van der Waals surface area contributed by atoms with Gasteiger partial charge in [0.15, 0.2) is 0 Å². The molecule has 5 heteroatoms. The molecule has 1 heterocycles. The molecule has 2 amide bonds. The Morgan fingerprint density at radius 3 is 2.68 bits per heavy atom. The van der Waals surface area contributed by atoms with Gasteiger partial charge in [-0.2, -0.15) is 0 Å². The number of amides is 2. The first-order chi connectivity index (χ1) is 8.97. The zero-order valence-corrected chi connectivity index (χ0v) is 11.0. The minimum absolute atomic E-state index is 0.249. The van der Waals surface area contributed by atoms with E-state index in [9.17, 15) is 14.0 Å². The van der Waals surface area contributed by atoms with E-state index in [2.05, 4.69) is 10.6 Å². The number of hydrogen-bond acceptors (Lipinski definition) is 3. The topological polar surface area (TPSA) is 58.2 Å². The summed E-state index contributed by atoms with van der Waals surface area (Å²) in [5.74, 6) is -0.808. The van der Waals surface area contributed by atoms with Gasteiger partial charge in [0.25, 0.3) is 0 Å². The lowest BCUT2D eigenvalue weighted by Gasteiger charge is -2.23. The molecular formula is C14H17FN2O2. The quantitative estimate of drug-likeness (QED) is 0.823. The van der Waals surface area contributed by atoms with Gasteiger partial charge < -0.3 is 5.32 Å². The maximum absolute atomic E-state index is 13.9. The fourth-order valence-electron chi connectivity index (χ4n) is 2.03. The zero-order valence-electron chi connectivity index (χ0n) is 11.0. The van der Waals surface area contributed by atoms with Crippen molar-refractivity contribution in [2.24, 2.45) is 0 Å². The molecule has 1 aliphatic rings. The van der Waals surface area contributed by atoms with E-state index in [4.69, 9.17) is 0 Å². The predicted octanol–water partition coefficient (Wildman–Crippen LogP) is 2.17.